The fourth-order valence-corrected chi connectivity index (χ4v) is 4.89. The molecule has 1 aliphatic rings. The normalized spacial score (nSPS) is 46.9. The Balaban J connectivity index is 3.87. The molecule has 12 nitrogen and oxygen atoms in total. The summed E-state index contributed by atoms with van der Waals surface area (Å²) in [6, 6.07) is 0. The Morgan fingerprint density at radius 2 is 1.00 bits per heavy atom. The molecule has 0 aromatic heterocycles. The quantitative estimate of drug-likeness (QED) is 0.289. The van der Waals surface area contributed by atoms with E-state index in [9.17, 15) is 58.0 Å². The van der Waals surface area contributed by atoms with Gasteiger partial charge in [-0.25, -0.2) is 27.4 Å². The van der Waals surface area contributed by atoms with Crippen molar-refractivity contribution in [3.63, 3.8) is 0 Å². The first-order valence-electron chi connectivity index (χ1n) is 4.95. The molecule has 0 spiro atoms. The van der Waals surface area contributed by atoms with E-state index >= 15 is 0 Å². The Morgan fingerprint density at radius 3 is 1.29 bits per heavy atom. The highest BCUT2D eigenvalue weighted by Gasteiger charge is 2.79. The van der Waals surface area contributed by atoms with Gasteiger partial charge in [0, 0.05) is 0 Å². The molecular weight excluding hydrogens is 357 g/mol. The first-order valence-corrected chi connectivity index (χ1v) is 8.48. The molecule has 0 aromatic carbocycles. The average Bonchev–Trinajstić information content (AvgIpc) is 2.39. The summed E-state index contributed by atoms with van der Waals surface area (Å²) in [4.78, 5) is 0. The van der Waals surface area contributed by atoms with Crippen molar-refractivity contribution in [2.24, 2.45) is 0 Å². The largest absolute Gasteiger partial charge is 0.386 e. The maximum Gasteiger partial charge on any atom is 0.355 e. The summed E-state index contributed by atoms with van der Waals surface area (Å²) >= 11 is 0. The van der Waals surface area contributed by atoms with Gasteiger partial charge < -0.3 is 30.6 Å². The van der Waals surface area contributed by atoms with E-state index in [1.165, 1.54) is 0 Å². The van der Waals surface area contributed by atoms with Crippen molar-refractivity contribution in [2.45, 2.75) is 34.3 Å². The van der Waals surface area contributed by atoms with Gasteiger partial charge in [-0.3, -0.25) is 0 Å². The van der Waals surface area contributed by atoms with Crippen molar-refractivity contribution >= 4 is 23.0 Å². The summed E-state index contributed by atoms with van der Waals surface area (Å²) < 4.78 is 66.1. The molecule has 0 radical (unpaired) electrons. The standard InChI is InChI=1S/C6H9O12P3/c7-1-2(8)5(11,20(15)16)6(12,21(17)18)3(9)4(1,10)19(13)14/h1-3,7-12H/t1-,2-,3+,4+,5+,6+/m1/s1. The van der Waals surface area contributed by atoms with E-state index in [2.05, 4.69) is 0 Å². The monoisotopic (exact) mass is 366 g/mol. The summed E-state index contributed by atoms with van der Waals surface area (Å²) in [7, 11) is -13.2. The Morgan fingerprint density at radius 1 is 0.619 bits per heavy atom. The van der Waals surface area contributed by atoms with E-state index in [4.69, 9.17) is 0 Å². The highest BCUT2D eigenvalue weighted by molar-refractivity contribution is 7.38. The van der Waals surface area contributed by atoms with Crippen LogP contribution in [0.3, 0.4) is 0 Å². The zero-order chi connectivity index (χ0) is 17.0. The lowest BCUT2D eigenvalue weighted by Crippen LogP contribution is -2.77. The number of hydrogen-bond donors (Lipinski definition) is 6. The van der Waals surface area contributed by atoms with Crippen LogP contribution in [-0.2, 0) is 27.4 Å². The minimum Gasteiger partial charge on any atom is -0.386 e. The van der Waals surface area contributed by atoms with Crippen molar-refractivity contribution in [3.05, 3.63) is 0 Å². The molecule has 0 bridgehead atoms. The lowest BCUT2D eigenvalue weighted by molar-refractivity contribution is -0.268. The van der Waals surface area contributed by atoms with Gasteiger partial charge in [0.15, 0.2) is 0 Å². The molecule has 0 aromatic rings. The van der Waals surface area contributed by atoms with Crippen LogP contribution in [0.5, 0.6) is 0 Å². The van der Waals surface area contributed by atoms with Crippen LogP contribution < -0.4 is 0 Å². The lowest BCUT2D eigenvalue weighted by atomic mass is 9.83. The van der Waals surface area contributed by atoms with Crippen molar-refractivity contribution in [1.82, 2.24) is 0 Å². The summed E-state index contributed by atoms with van der Waals surface area (Å²) in [6.45, 7) is 0. The summed E-state index contributed by atoms with van der Waals surface area (Å²) in [6.07, 6.45) is -9.57. The Bertz CT molecular complexity index is 640. The van der Waals surface area contributed by atoms with Gasteiger partial charge in [0.25, 0.3) is 0 Å². The number of aliphatic hydroxyl groups is 6. The first kappa shape index (κ1) is 18.5. The van der Waals surface area contributed by atoms with Gasteiger partial charge in [-0.2, -0.15) is 0 Å². The van der Waals surface area contributed by atoms with E-state index in [-0.39, 0.29) is 0 Å². The average molecular weight is 366 g/mol. The second-order valence-electron chi connectivity index (χ2n) is 4.30. The van der Waals surface area contributed by atoms with Gasteiger partial charge in [0.2, 0.25) is 16.0 Å². The molecule has 0 amide bonds. The molecule has 0 saturated heterocycles. The summed E-state index contributed by atoms with van der Waals surface area (Å²) in [5, 5.41) is 45.7. The van der Waals surface area contributed by atoms with E-state index in [1.54, 1.807) is 0 Å². The van der Waals surface area contributed by atoms with Crippen molar-refractivity contribution in [1.29, 1.82) is 0 Å². The van der Waals surface area contributed by atoms with Gasteiger partial charge in [-0.15, -0.1) is 0 Å². The molecule has 1 saturated carbocycles. The highest BCUT2D eigenvalue weighted by Crippen LogP contribution is 2.59. The maximum absolute atomic E-state index is 11.1. The Kier molecular flexibility index (Phi) is 4.65. The van der Waals surface area contributed by atoms with Gasteiger partial charge in [-0.1, -0.05) is 0 Å². The van der Waals surface area contributed by atoms with E-state index in [0.717, 1.165) is 0 Å². The van der Waals surface area contributed by atoms with Gasteiger partial charge in [0.05, 0.1) is 0 Å². The fraction of sp³-hybridized carbons (Fsp3) is 1.00. The van der Waals surface area contributed by atoms with Gasteiger partial charge in [0.1, 0.15) is 18.3 Å². The zero-order valence-corrected chi connectivity index (χ0v) is 12.4. The van der Waals surface area contributed by atoms with Crippen LogP contribution in [0.4, 0.5) is 0 Å². The predicted octanol–water partition coefficient (Wildman–Crippen LogP) is -2.33. The minimum atomic E-state index is -4.52. The van der Waals surface area contributed by atoms with Crippen LogP contribution in [0.1, 0.15) is 0 Å². The summed E-state index contributed by atoms with van der Waals surface area (Å²) in [5.41, 5.74) is 0. The van der Waals surface area contributed by atoms with E-state index in [1.807, 2.05) is 0 Å². The molecule has 120 valence electrons. The minimum absolute atomic E-state index is 3.03. The van der Waals surface area contributed by atoms with Crippen LogP contribution >= 0.6 is 23.0 Å². The summed E-state index contributed by atoms with van der Waals surface area (Å²) in [5.74, 6) is 0. The van der Waals surface area contributed by atoms with E-state index in [0.29, 0.717) is 0 Å². The number of rotatable bonds is 3. The highest BCUT2D eigenvalue weighted by atomic mass is 31.1. The zero-order valence-electron chi connectivity index (χ0n) is 9.71. The maximum atomic E-state index is 11.1. The Hall–Kier alpha value is -0.540. The van der Waals surface area contributed by atoms with Crippen molar-refractivity contribution < 1.29 is 58.0 Å². The van der Waals surface area contributed by atoms with Crippen LogP contribution in [0.2, 0.25) is 0 Å². The molecule has 1 aliphatic carbocycles. The topological polar surface area (TPSA) is 224 Å². The van der Waals surface area contributed by atoms with E-state index < -0.39 is 57.4 Å². The molecule has 6 atom stereocenters. The van der Waals surface area contributed by atoms with Gasteiger partial charge in [-0.05, 0) is 0 Å². The van der Waals surface area contributed by atoms with Crippen molar-refractivity contribution in [3.8, 4) is 0 Å². The molecule has 0 aliphatic heterocycles. The number of hydrogen-bond acceptors (Lipinski definition) is 12. The smallest absolute Gasteiger partial charge is 0.355 e. The van der Waals surface area contributed by atoms with Crippen LogP contribution in [0.15, 0.2) is 0 Å². The third-order valence-electron chi connectivity index (χ3n) is 3.32. The predicted molar refractivity (Wildman–Crippen MR) is 57.7 cm³/mol. The molecule has 0 unspecified atom stereocenters. The van der Waals surface area contributed by atoms with Gasteiger partial charge >= 0.3 is 23.0 Å². The second kappa shape index (κ2) is 5.27. The SMILES string of the molecule is O=P(=O)[C@@]1(O)[C@H](O)[C@@H](O)[C@](O)(P(=O)=O)[C@@](O)(P(=O)=O)[C@H]1O. The third kappa shape index (κ3) is 2.00. The lowest BCUT2D eigenvalue weighted by Gasteiger charge is -2.50. The van der Waals surface area contributed by atoms with Crippen LogP contribution in [0.25, 0.3) is 0 Å². The molecule has 21 heavy (non-hydrogen) atoms. The van der Waals surface area contributed by atoms with Crippen molar-refractivity contribution in [2.75, 3.05) is 0 Å². The molecule has 1 fully saturated rings. The molecule has 15 heteroatoms. The third-order valence-corrected chi connectivity index (χ3v) is 6.90. The van der Waals surface area contributed by atoms with Crippen LogP contribution in [0, 0.1) is 0 Å². The fourth-order valence-electron chi connectivity index (χ4n) is 2.01. The first-order chi connectivity index (χ1) is 9.30. The molecular formula is C6H9O12P3. The Labute approximate surface area is 116 Å². The number of aliphatic hydroxyl groups excluding tert-OH is 3. The van der Waals surface area contributed by atoms with Crippen LogP contribution in [-0.4, -0.2) is 65.0 Å². The second-order valence-corrected chi connectivity index (χ2v) is 7.92. The molecule has 0 heterocycles. The molecule has 6 N–H and O–H groups in total. The molecule has 1 rings (SSSR count).